The summed E-state index contributed by atoms with van der Waals surface area (Å²) in [5.74, 6) is -0.291. The van der Waals surface area contributed by atoms with E-state index in [1.807, 2.05) is 13.0 Å². The first-order chi connectivity index (χ1) is 12.0. The first kappa shape index (κ1) is 17.3. The summed E-state index contributed by atoms with van der Waals surface area (Å²) < 4.78 is 1.48. The number of para-hydroxylation sites is 1. The van der Waals surface area contributed by atoms with Crippen LogP contribution >= 0.6 is 22.9 Å². The molecule has 0 fully saturated rings. The smallest absolute Gasteiger partial charge is 0.224 e. The van der Waals surface area contributed by atoms with Crippen LogP contribution in [0.2, 0.25) is 5.02 Å². The van der Waals surface area contributed by atoms with Crippen LogP contribution in [0, 0.1) is 6.92 Å². The summed E-state index contributed by atoms with van der Waals surface area (Å²) in [6.07, 6.45) is 3.14. The minimum absolute atomic E-state index is 0.0316. The zero-order chi connectivity index (χ0) is 17.8. The van der Waals surface area contributed by atoms with Crippen molar-refractivity contribution in [2.45, 2.75) is 19.8 Å². The maximum absolute atomic E-state index is 12.2. The van der Waals surface area contributed by atoms with Gasteiger partial charge in [-0.25, -0.2) is 9.67 Å². The lowest BCUT2D eigenvalue weighted by molar-refractivity contribution is -0.116. The summed E-state index contributed by atoms with van der Waals surface area (Å²) in [5, 5.41) is 7.28. The molecule has 0 saturated heterocycles. The minimum atomic E-state index is -0.259. The van der Waals surface area contributed by atoms with Gasteiger partial charge in [-0.15, -0.1) is 11.3 Å². The van der Waals surface area contributed by atoms with Gasteiger partial charge in [0.15, 0.2) is 5.78 Å². The van der Waals surface area contributed by atoms with Crippen molar-refractivity contribution in [3.05, 3.63) is 57.8 Å². The standard InChI is InChI=1S/C17H15ClN4O2S/c1-11-5-7-15(25-11)14(23)6-8-16(24)21-13-4-2-3-12(18)17(13)22-10-19-9-20-22/h2-5,7,9-10H,6,8H2,1H3,(H,21,24). The summed E-state index contributed by atoms with van der Waals surface area (Å²) in [6, 6.07) is 8.86. The molecule has 1 aromatic carbocycles. The summed E-state index contributed by atoms with van der Waals surface area (Å²) >= 11 is 7.66. The van der Waals surface area contributed by atoms with Crippen LogP contribution in [0.1, 0.15) is 27.4 Å². The molecule has 25 heavy (non-hydrogen) atoms. The molecule has 0 radical (unpaired) electrons. The molecule has 6 nitrogen and oxygen atoms in total. The van der Waals surface area contributed by atoms with E-state index >= 15 is 0 Å². The number of anilines is 1. The van der Waals surface area contributed by atoms with Crippen molar-refractivity contribution in [3.63, 3.8) is 0 Å². The van der Waals surface area contributed by atoms with Crippen molar-refractivity contribution in [1.29, 1.82) is 0 Å². The van der Waals surface area contributed by atoms with Crippen LogP contribution in [-0.2, 0) is 4.79 Å². The predicted octanol–water partition coefficient (Wildman–Crippen LogP) is 3.89. The van der Waals surface area contributed by atoms with E-state index in [4.69, 9.17) is 11.6 Å². The third kappa shape index (κ3) is 4.12. The van der Waals surface area contributed by atoms with Crippen molar-refractivity contribution in [2.75, 3.05) is 5.32 Å². The molecule has 1 N–H and O–H groups in total. The van der Waals surface area contributed by atoms with E-state index in [1.54, 1.807) is 24.3 Å². The molecule has 8 heteroatoms. The maximum Gasteiger partial charge on any atom is 0.224 e. The van der Waals surface area contributed by atoms with Crippen LogP contribution in [-0.4, -0.2) is 26.5 Å². The van der Waals surface area contributed by atoms with Gasteiger partial charge in [0.1, 0.15) is 18.3 Å². The molecule has 0 aliphatic carbocycles. The van der Waals surface area contributed by atoms with E-state index in [0.29, 0.717) is 21.3 Å². The highest BCUT2D eigenvalue weighted by molar-refractivity contribution is 7.14. The Labute approximate surface area is 153 Å². The Morgan fingerprint density at radius 2 is 2.08 bits per heavy atom. The van der Waals surface area contributed by atoms with Crippen molar-refractivity contribution >= 4 is 40.3 Å². The highest BCUT2D eigenvalue weighted by Crippen LogP contribution is 2.28. The molecule has 3 aromatic rings. The molecule has 2 heterocycles. The van der Waals surface area contributed by atoms with E-state index in [0.717, 1.165) is 4.88 Å². The fourth-order valence-electron chi connectivity index (χ4n) is 2.32. The van der Waals surface area contributed by atoms with Crippen molar-refractivity contribution < 1.29 is 9.59 Å². The van der Waals surface area contributed by atoms with Crippen molar-refractivity contribution in [2.24, 2.45) is 0 Å². The summed E-state index contributed by atoms with van der Waals surface area (Å²) in [4.78, 5) is 30.0. The number of rotatable bonds is 6. The number of aryl methyl sites for hydroxylation is 1. The lowest BCUT2D eigenvalue weighted by Crippen LogP contribution is -2.15. The number of aromatic nitrogens is 3. The van der Waals surface area contributed by atoms with E-state index in [1.165, 1.54) is 28.7 Å². The summed E-state index contributed by atoms with van der Waals surface area (Å²) in [5.41, 5.74) is 1.05. The van der Waals surface area contributed by atoms with Gasteiger partial charge in [0.25, 0.3) is 0 Å². The number of carbonyl (C=O) groups excluding carboxylic acids is 2. The highest BCUT2D eigenvalue weighted by Gasteiger charge is 2.15. The van der Waals surface area contributed by atoms with Gasteiger partial charge in [-0.1, -0.05) is 17.7 Å². The van der Waals surface area contributed by atoms with Gasteiger partial charge >= 0.3 is 0 Å². The molecule has 0 spiro atoms. The molecule has 3 rings (SSSR count). The van der Waals surface area contributed by atoms with Gasteiger partial charge in [0.05, 0.1) is 15.6 Å². The minimum Gasteiger partial charge on any atom is -0.324 e. The van der Waals surface area contributed by atoms with Crippen LogP contribution in [0.25, 0.3) is 5.69 Å². The molecule has 2 aromatic heterocycles. The number of ketones is 1. The molecular formula is C17H15ClN4O2S. The number of thiophene rings is 1. The summed E-state index contributed by atoms with van der Waals surface area (Å²) in [6.45, 7) is 1.94. The second-order valence-corrected chi connectivity index (χ2v) is 7.05. The number of nitrogens with one attached hydrogen (secondary N) is 1. The van der Waals surface area contributed by atoms with Crippen LogP contribution in [0.15, 0.2) is 43.0 Å². The number of amides is 1. The molecular weight excluding hydrogens is 360 g/mol. The summed E-state index contributed by atoms with van der Waals surface area (Å²) in [7, 11) is 0. The van der Waals surface area contributed by atoms with Crippen LogP contribution in [0.4, 0.5) is 5.69 Å². The first-order valence-electron chi connectivity index (χ1n) is 7.57. The Hall–Kier alpha value is -2.51. The first-order valence-corrected chi connectivity index (χ1v) is 8.77. The molecule has 0 saturated carbocycles. The van der Waals surface area contributed by atoms with Crippen molar-refractivity contribution in [1.82, 2.24) is 14.8 Å². The van der Waals surface area contributed by atoms with Gasteiger partial charge in [-0.3, -0.25) is 9.59 Å². The average Bonchev–Trinajstić information content (AvgIpc) is 3.24. The van der Waals surface area contributed by atoms with E-state index in [9.17, 15) is 9.59 Å². The maximum atomic E-state index is 12.2. The van der Waals surface area contributed by atoms with E-state index in [-0.39, 0.29) is 24.5 Å². The lowest BCUT2D eigenvalue weighted by Gasteiger charge is -2.12. The van der Waals surface area contributed by atoms with Crippen molar-refractivity contribution in [3.8, 4) is 5.69 Å². The molecule has 1 amide bonds. The molecule has 0 unspecified atom stereocenters. The Morgan fingerprint density at radius 3 is 2.76 bits per heavy atom. The number of hydrogen-bond donors (Lipinski definition) is 1. The SMILES string of the molecule is Cc1ccc(C(=O)CCC(=O)Nc2cccc(Cl)c2-n2cncn2)s1. The Bertz CT molecular complexity index is 905. The fraction of sp³-hybridized carbons (Fsp3) is 0.176. The molecule has 0 atom stereocenters. The third-order valence-corrected chi connectivity index (χ3v) is 4.85. The second kappa shape index (κ2) is 7.58. The molecule has 0 bridgehead atoms. The number of nitrogens with zero attached hydrogens (tertiary/aromatic N) is 3. The van der Waals surface area contributed by atoms with Gasteiger partial charge in [0, 0.05) is 17.7 Å². The number of benzene rings is 1. The predicted molar refractivity (Wildman–Crippen MR) is 97.6 cm³/mol. The number of hydrogen-bond acceptors (Lipinski definition) is 5. The van der Waals surface area contributed by atoms with Crippen LogP contribution < -0.4 is 5.32 Å². The zero-order valence-corrected chi connectivity index (χ0v) is 15.0. The second-order valence-electron chi connectivity index (χ2n) is 5.36. The lowest BCUT2D eigenvalue weighted by atomic mass is 10.2. The van der Waals surface area contributed by atoms with Gasteiger partial charge in [-0.05, 0) is 31.2 Å². The number of halogens is 1. The molecule has 0 aliphatic heterocycles. The van der Waals surface area contributed by atoms with E-state index < -0.39 is 0 Å². The Kier molecular flexibility index (Phi) is 5.25. The Morgan fingerprint density at radius 1 is 1.24 bits per heavy atom. The Balaban J connectivity index is 1.67. The number of Topliss-reactive ketones (excluding diaryl/α,β-unsaturated/α-hetero) is 1. The quantitative estimate of drug-likeness (QED) is 0.664. The number of carbonyl (C=O) groups is 2. The highest BCUT2D eigenvalue weighted by atomic mass is 35.5. The normalized spacial score (nSPS) is 10.6. The van der Waals surface area contributed by atoms with Gasteiger partial charge < -0.3 is 5.32 Å². The van der Waals surface area contributed by atoms with Gasteiger partial charge in [-0.2, -0.15) is 5.10 Å². The van der Waals surface area contributed by atoms with Crippen LogP contribution in [0.3, 0.4) is 0 Å². The fourth-order valence-corrected chi connectivity index (χ4v) is 3.42. The van der Waals surface area contributed by atoms with E-state index in [2.05, 4.69) is 15.4 Å². The zero-order valence-electron chi connectivity index (χ0n) is 13.4. The third-order valence-electron chi connectivity index (χ3n) is 3.50. The topological polar surface area (TPSA) is 76.9 Å². The van der Waals surface area contributed by atoms with Crippen LogP contribution in [0.5, 0.6) is 0 Å². The molecule has 0 aliphatic rings. The molecule has 128 valence electrons. The monoisotopic (exact) mass is 374 g/mol. The average molecular weight is 375 g/mol. The van der Waals surface area contributed by atoms with Gasteiger partial charge in [0.2, 0.25) is 5.91 Å². The largest absolute Gasteiger partial charge is 0.324 e.